The SMILES string of the molecule is CO[C@@]12CC[C@@]3(C[C@@H]1C(C)O)[C@H]1Cc4ccc(O)c5c4[C@@]3(CCN1CC1CC1)[C@H]2O5. The second kappa shape index (κ2) is 5.54. The number of nitrogens with zero attached hydrogens (tertiary/aromatic N) is 1. The zero-order chi connectivity index (χ0) is 20.5. The molecule has 7 aliphatic rings. The number of likely N-dealkylation sites (tertiary alicyclic amines) is 1. The summed E-state index contributed by atoms with van der Waals surface area (Å²) >= 11 is 0. The summed E-state index contributed by atoms with van der Waals surface area (Å²) in [4.78, 5) is 2.80. The van der Waals surface area contributed by atoms with E-state index >= 15 is 0 Å². The van der Waals surface area contributed by atoms with E-state index in [2.05, 4.69) is 11.0 Å². The van der Waals surface area contributed by atoms with Crippen LogP contribution in [0.25, 0.3) is 0 Å². The summed E-state index contributed by atoms with van der Waals surface area (Å²) in [5.41, 5.74) is 2.17. The Labute approximate surface area is 178 Å². The molecule has 1 aromatic carbocycles. The monoisotopic (exact) mass is 411 g/mol. The number of aliphatic hydroxyl groups is 1. The summed E-state index contributed by atoms with van der Waals surface area (Å²) in [5, 5.41) is 21.7. The average molecular weight is 412 g/mol. The molecule has 7 atom stereocenters. The molecule has 0 aromatic heterocycles. The lowest BCUT2D eigenvalue weighted by Gasteiger charge is -2.74. The van der Waals surface area contributed by atoms with Crippen molar-refractivity contribution in [3.05, 3.63) is 23.3 Å². The van der Waals surface area contributed by atoms with Gasteiger partial charge in [0.15, 0.2) is 11.5 Å². The van der Waals surface area contributed by atoms with Gasteiger partial charge in [-0.15, -0.1) is 0 Å². The van der Waals surface area contributed by atoms with Crippen molar-refractivity contribution in [2.45, 2.75) is 81.1 Å². The topological polar surface area (TPSA) is 62.2 Å². The fourth-order valence-corrected chi connectivity index (χ4v) is 9.02. The maximum atomic E-state index is 10.9. The molecule has 5 heteroatoms. The number of piperidine rings is 1. The van der Waals surface area contributed by atoms with E-state index in [1.54, 1.807) is 7.11 Å². The first-order valence-electron chi connectivity index (χ1n) is 12.0. The fourth-order valence-electron chi connectivity index (χ4n) is 9.02. The van der Waals surface area contributed by atoms with Crippen LogP contribution in [0.3, 0.4) is 0 Å². The number of phenolic OH excluding ortho intramolecular Hbond substituents is 1. The van der Waals surface area contributed by atoms with Crippen molar-refractivity contribution in [2.75, 3.05) is 20.2 Å². The van der Waals surface area contributed by atoms with E-state index in [0.717, 1.165) is 44.6 Å². The summed E-state index contributed by atoms with van der Waals surface area (Å²) in [6.07, 6.45) is 7.38. The van der Waals surface area contributed by atoms with Crippen LogP contribution in [0.5, 0.6) is 11.5 Å². The first-order chi connectivity index (χ1) is 14.5. The summed E-state index contributed by atoms with van der Waals surface area (Å²) < 4.78 is 13.1. The summed E-state index contributed by atoms with van der Waals surface area (Å²) in [5.74, 6) is 1.92. The molecule has 2 heterocycles. The molecule has 4 bridgehead atoms. The second-order valence-corrected chi connectivity index (χ2v) is 11.2. The van der Waals surface area contributed by atoms with E-state index < -0.39 is 11.7 Å². The molecule has 4 saturated carbocycles. The van der Waals surface area contributed by atoms with Gasteiger partial charge in [0.2, 0.25) is 0 Å². The first kappa shape index (κ1) is 18.3. The number of aliphatic hydroxyl groups excluding tert-OH is 1. The molecule has 5 nitrogen and oxygen atoms in total. The smallest absolute Gasteiger partial charge is 0.165 e. The quantitative estimate of drug-likeness (QED) is 0.798. The number of phenols is 1. The van der Waals surface area contributed by atoms with Gasteiger partial charge in [0.1, 0.15) is 11.7 Å². The highest BCUT2D eigenvalue weighted by Gasteiger charge is 2.81. The van der Waals surface area contributed by atoms with Crippen LogP contribution in [-0.4, -0.2) is 59.2 Å². The highest BCUT2D eigenvalue weighted by Crippen LogP contribution is 2.76. The lowest BCUT2D eigenvalue weighted by molar-refractivity contribution is -0.288. The molecule has 2 aliphatic heterocycles. The summed E-state index contributed by atoms with van der Waals surface area (Å²) in [6, 6.07) is 4.47. The Balaban J connectivity index is 1.48. The Bertz CT molecular complexity index is 928. The standard InChI is InChI=1S/C25H33NO4/c1-14(27)17-12-23-7-8-25(17,29-2)22-24(23)9-10-26(13-15-3-4-15)19(23)11-16-5-6-18(28)21(30-22)20(16)24/h5-6,14-15,17,19,22,27-28H,3-4,7-13H2,1-2H3/t14?,17-,19-,22-,23-,24+,25+/m1/s1. The van der Waals surface area contributed by atoms with Gasteiger partial charge in [0, 0.05) is 42.0 Å². The lowest BCUT2D eigenvalue weighted by atomic mass is 9.34. The van der Waals surface area contributed by atoms with Crippen LogP contribution in [0.2, 0.25) is 0 Å². The van der Waals surface area contributed by atoms with E-state index in [0.29, 0.717) is 11.8 Å². The molecule has 1 unspecified atom stereocenters. The third-order valence-electron chi connectivity index (χ3n) is 10.3. The van der Waals surface area contributed by atoms with Gasteiger partial charge in [0.25, 0.3) is 0 Å². The molecule has 0 radical (unpaired) electrons. The van der Waals surface area contributed by atoms with Gasteiger partial charge in [-0.05, 0) is 76.0 Å². The van der Waals surface area contributed by atoms with Crippen LogP contribution < -0.4 is 4.74 Å². The third-order valence-corrected chi connectivity index (χ3v) is 10.3. The lowest BCUT2D eigenvalue weighted by Crippen LogP contribution is -2.81. The number of ether oxygens (including phenoxy) is 2. The van der Waals surface area contributed by atoms with Crippen molar-refractivity contribution >= 4 is 0 Å². The Morgan fingerprint density at radius 3 is 2.83 bits per heavy atom. The minimum Gasteiger partial charge on any atom is -0.504 e. The number of rotatable bonds is 4. The average Bonchev–Trinajstić information content (AvgIpc) is 3.48. The summed E-state index contributed by atoms with van der Waals surface area (Å²) in [6.45, 7) is 4.26. The Hall–Kier alpha value is -1.30. The fraction of sp³-hybridized carbons (Fsp3) is 0.760. The molecule has 2 N–H and O–H groups in total. The number of hydrogen-bond acceptors (Lipinski definition) is 5. The van der Waals surface area contributed by atoms with Gasteiger partial charge in [-0.2, -0.15) is 0 Å². The maximum Gasteiger partial charge on any atom is 0.165 e. The number of methoxy groups -OCH3 is 1. The predicted molar refractivity (Wildman–Crippen MR) is 112 cm³/mol. The van der Waals surface area contributed by atoms with Crippen LogP contribution in [-0.2, 0) is 16.6 Å². The van der Waals surface area contributed by atoms with Gasteiger partial charge in [0.05, 0.1) is 6.10 Å². The molecule has 8 rings (SSSR count). The normalized spacial score (nSPS) is 46.4. The zero-order valence-electron chi connectivity index (χ0n) is 18.1. The summed E-state index contributed by atoms with van der Waals surface area (Å²) in [7, 11) is 1.81. The van der Waals surface area contributed by atoms with Crippen molar-refractivity contribution in [3.63, 3.8) is 0 Å². The number of hydrogen-bond donors (Lipinski definition) is 2. The molecule has 30 heavy (non-hydrogen) atoms. The van der Waals surface area contributed by atoms with Gasteiger partial charge >= 0.3 is 0 Å². The van der Waals surface area contributed by atoms with Crippen molar-refractivity contribution in [2.24, 2.45) is 17.3 Å². The van der Waals surface area contributed by atoms with Crippen molar-refractivity contribution < 1.29 is 19.7 Å². The molecular weight excluding hydrogens is 378 g/mol. The minimum atomic E-state index is -0.487. The molecule has 5 fully saturated rings. The third kappa shape index (κ3) is 1.81. The van der Waals surface area contributed by atoms with Crippen molar-refractivity contribution in [1.29, 1.82) is 0 Å². The zero-order valence-corrected chi connectivity index (χ0v) is 18.1. The molecule has 0 amide bonds. The molecule has 5 aliphatic carbocycles. The van der Waals surface area contributed by atoms with Crippen LogP contribution in [0.1, 0.15) is 56.6 Å². The Morgan fingerprint density at radius 2 is 2.10 bits per heavy atom. The van der Waals surface area contributed by atoms with Crippen LogP contribution in [0.15, 0.2) is 12.1 Å². The van der Waals surface area contributed by atoms with Gasteiger partial charge < -0.3 is 19.7 Å². The van der Waals surface area contributed by atoms with E-state index in [1.807, 2.05) is 13.0 Å². The molecule has 1 saturated heterocycles. The van der Waals surface area contributed by atoms with E-state index in [9.17, 15) is 10.2 Å². The van der Waals surface area contributed by atoms with E-state index in [1.165, 1.54) is 30.5 Å². The highest BCUT2D eigenvalue weighted by molar-refractivity contribution is 5.63. The van der Waals surface area contributed by atoms with Crippen LogP contribution in [0.4, 0.5) is 0 Å². The first-order valence-corrected chi connectivity index (χ1v) is 12.0. The van der Waals surface area contributed by atoms with Crippen molar-refractivity contribution in [3.8, 4) is 11.5 Å². The van der Waals surface area contributed by atoms with Gasteiger partial charge in [-0.3, -0.25) is 4.90 Å². The Morgan fingerprint density at radius 1 is 1.27 bits per heavy atom. The minimum absolute atomic E-state index is 0.0655. The predicted octanol–water partition coefficient (Wildman–Crippen LogP) is 3.00. The largest absolute Gasteiger partial charge is 0.504 e. The highest BCUT2D eigenvalue weighted by atomic mass is 16.6. The number of benzene rings is 1. The van der Waals surface area contributed by atoms with Crippen LogP contribution in [0, 0.1) is 17.3 Å². The molecule has 1 aromatic rings. The van der Waals surface area contributed by atoms with Gasteiger partial charge in [-0.1, -0.05) is 6.07 Å². The molecule has 2 spiro atoms. The second-order valence-electron chi connectivity index (χ2n) is 11.2. The van der Waals surface area contributed by atoms with Gasteiger partial charge in [-0.25, -0.2) is 0 Å². The maximum absolute atomic E-state index is 10.9. The Kier molecular flexibility index (Phi) is 3.38. The van der Waals surface area contributed by atoms with Crippen molar-refractivity contribution in [1.82, 2.24) is 4.90 Å². The van der Waals surface area contributed by atoms with E-state index in [4.69, 9.17) is 9.47 Å². The number of aromatic hydroxyl groups is 1. The molecular formula is C25H33NO4. The van der Waals surface area contributed by atoms with Crippen LogP contribution >= 0.6 is 0 Å². The number of fused-ring (bicyclic) bond motifs is 2. The van der Waals surface area contributed by atoms with E-state index in [-0.39, 0.29) is 28.6 Å². The molecule has 162 valence electrons.